The molecule has 0 bridgehead atoms. The highest BCUT2D eigenvalue weighted by Crippen LogP contribution is 2.47. The van der Waals surface area contributed by atoms with Gasteiger partial charge in [-0.15, -0.1) is 0 Å². The number of rotatable bonds is 5. The molecule has 3 aliphatic rings. The maximum Gasteiger partial charge on any atom is 0.123 e. The molecule has 1 heterocycles. The summed E-state index contributed by atoms with van der Waals surface area (Å²) in [4.78, 5) is 0. The van der Waals surface area contributed by atoms with Crippen LogP contribution >= 0.6 is 0 Å². The van der Waals surface area contributed by atoms with Gasteiger partial charge >= 0.3 is 0 Å². The van der Waals surface area contributed by atoms with E-state index in [1.807, 2.05) is 0 Å². The van der Waals surface area contributed by atoms with Crippen molar-refractivity contribution in [3.05, 3.63) is 29.6 Å². The van der Waals surface area contributed by atoms with Gasteiger partial charge in [0.2, 0.25) is 0 Å². The fourth-order valence-electron chi connectivity index (χ4n) is 3.66. The van der Waals surface area contributed by atoms with E-state index in [1.165, 1.54) is 38.2 Å². The minimum atomic E-state index is -0.151. The third kappa shape index (κ3) is 2.44. The Labute approximate surface area is 119 Å². The molecule has 0 spiro atoms. The third-order valence-corrected chi connectivity index (χ3v) is 5.18. The van der Waals surface area contributed by atoms with Gasteiger partial charge in [0.15, 0.2) is 0 Å². The second kappa shape index (κ2) is 4.73. The summed E-state index contributed by atoms with van der Waals surface area (Å²) in [5.41, 5.74) is 1.48. The first-order valence-electron chi connectivity index (χ1n) is 7.91. The number of halogens is 1. The lowest BCUT2D eigenvalue weighted by molar-refractivity contribution is 0.0605. The maximum absolute atomic E-state index is 13.3. The molecule has 1 aromatic carbocycles. The molecular weight excluding hydrogens is 253 g/mol. The Morgan fingerprint density at radius 1 is 1.30 bits per heavy atom. The highest BCUT2D eigenvalue weighted by atomic mass is 19.1. The van der Waals surface area contributed by atoms with Crippen molar-refractivity contribution in [3.63, 3.8) is 0 Å². The molecule has 2 saturated carbocycles. The second-order valence-corrected chi connectivity index (χ2v) is 6.91. The Kier molecular flexibility index (Phi) is 2.99. The highest BCUT2D eigenvalue weighted by molar-refractivity contribution is 5.38. The number of hydrogen-bond donors (Lipinski definition) is 1. The van der Waals surface area contributed by atoms with Crippen LogP contribution in [0.4, 0.5) is 4.39 Å². The summed E-state index contributed by atoms with van der Waals surface area (Å²) in [6, 6.07) is 5.68. The Balaban J connectivity index is 1.39. The maximum atomic E-state index is 13.3. The quantitative estimate of drug-likeness (QED) is 0.888. The molecule has 0 amide bonds. The van der Waals surface area contributed by atoms with Gasteiger partial charge in [0.05, 0.1) is 0 Å². The Bertz CT molecular complexity index is 508. The molecule has 2 nitrogen and oxygen atoms in total. The van der Waals surface area contributed by atoms with Crippen LogP contribution in [0, 0.1) is 11.2 Å². The predicted molar refractivity (Wildman–Crippen MR) is 76.4 cm³/mol. The lowest BCUT2D eigenvalue weighted by Crippen LogP contribution is -2.43. The first-order valence-corrected chi connectivity index (χ1v) is 7.91. The summed E-state index contributed by atoms with van der Waals surface area (Å²) < 4.78 is 19.3. The van der Waals surface area contributed by atoms with Crippen LogP contribution in [0.3, 0.4) is 0 Å². The molecule has 4 rings (SSSR count). The molecule has 2 aliphatic carbocycles. The Morgan fingerprint density at radius 3 is 2.85 bits per heavy atom. The topological polar surface area (TPSA) is 21.3 Å². The van der Waals surface area contributed by atoms with Crippen molar-refractivity contribution < 1.29 is 9.13 Å². The minimum Gasteiger partial charge on any atom is -0.490 e. The van der Waals surface area contributed by atoms with Crippen molar-refractivity contribution in [1.29, 1.82) is 0 Å². The summed E-state index contributed by atoms with van der Waals surface area (Å²) in [5.74, 6) is 0.739. The van der Waals surface area contributed by atoms with E-state index in [0.29, 0.717) is 5.41 Å². The molecule has 1 atom stereocenters. The number of benzene rings is 1. The van der Waals surface area contributed by atoms with Crippen LogP contribution in [0.2, 0.25) is 0 Å². The second-order valence-electron chi connectivity index (χ2n) is 6.91. The van der Waals surface area contributed by atoms with Gasteiger partial charge < -0.3 is 10.1 Å². The van der Waals surface area contributed by atoms with Gasteiger partial charge in [-0.1, -0.05) is 6.42 Å². The molecule has 0 radical (unpaired) electrons. The first kappa shape index (κ1) is 12.6. The fourth-order valence-corrected chi connectivity index (χ4v) is 3.66. The van der Waals surface area contributed by atoms with Gasteiger partial charge in [0.1, 0.15) is 17.7 Å². The SMILES string of the molecule is Fc1ccc2c(c1)CC(CC1(CNC3CC3)CCC1)O2. The monoisotopic (exact) mass is 275 g/mol. The summed E-state index contributed by atoms with van der Waals surface area (Å²) in [5, 5.41) is 3.69. The molecule has 1 N–H and O–H groups in total. The van der Waals surface area contributed by atoms with E-state index in [9.17, 15) is 4.39 Å². The van der Waals surface area contributed by atoms with Gasteiger partial charge in [-0.05, 0) is 55.7 Å². The van der Waals surface area contributed by atoms with Crippen LogP contribution in [-0.4, -0.2) is 18.7 Å². The molecule has 20 heavy (non-hydrogen) atoms. The zero-order valence-electron chi connectivity index (χ0n) is 11.8. The molecule has 0 aromatic heterocycles. The highest BCUT2D eigenvalue weighted by Gasteiger charge is 2.41. The first-order chi connectivity index (χ1) is 9.72. The lowest BCUT2D eigenvalue weighted by Gasteiger charge is -2.43. The molecular formula is C17H22FNO. The Hall–Kier alpha value is -1.09. The van der Waals surface area contributed by atoms with Crippen LogP contribution in [0.1, 0.15) is 44.1 Å². The number of fused-ring (bicyclic) bond motifs is 1. The molecule has 1 aromatic rings. The van der Waals surface area contributed by atoms with Crippen LogP contribution in [0.25, 0.3) is 0 Å². The summed E-state index contributed by atoms with van der Waals surface area (Å²) >= 11 is 0. The van der Waals surface area contributed by atoms with E-state index in [1.54, 1.807) is 12.1 Å². The molecule has 108 valence electrons. The smallest absolute Gasteiger partial charge is 0.123 e. The van der Waals surface area contributed by atoms with Crippen molar-refractivity contribution >= 4 is 0 Å². The fraction of sp³-hybridized carbons (Fsp3) is 0.647. The minimum absolute atomic E-state index is 0.151. The van der Waals surface area contributed by atoms with Gasteiger partial charge in [-0.25, -0.2) is 4.39 Å². The molecule has 3 heteroatoms. The number of hydrogen-bond acceptors (Lipinski definition) is 2. The average Bonchev–Trinajstić information content (AvgIpc) is 3.12. The van der Waals surface area contributed by atoms with E-state index in [-0.39, 0.29) is 11.9 Å². The molecule has 1 aliphatic heterocycles. The van der Waals surface area contributed by atoms with Crippen molar-refractivity contribution in [1.82, 2.24) is 5.32 Å². The van der Waals surface area contributed by atoms with Gasteiger partial charge in [-0.2, -0.15) is 0 Å². The van der Waals surface area contributed by atoms with Crippen LogP contribution < -0.4 is 10.1 Å². The molecule has 0 saturated heterocycles. The molecule has 1 unspecified atom stereocenters. The molecule has 2 fully saturated rings. The largest absolute Gasteiger partial charge is 0.490 e. The number of ether oxygens (including phenoxy) is 1. The van der Waals surface area contributed by atoms with Gasteiger partial charge in [0, 0.05) is 24.6 Å². The summed E-state index contributed by atoms with van der Waals surface area (Å²) in [7, 11) is 0. The van der Waals surface area contributed by atoms with Crippen molar-refractivity contribution in [2.75, 3.05) is 6.54 Å². The van der Waals surface area contributed by atoms with Crippen molar-refractivity contribution in [2.24, 2.45) is 5.41 Å². The van der Waals surface area contributed by atoms with E-state index in [0.717, 1.165) is 36.7 Å². The summed E-state index contributed by atoms with van der Waals surface area (Å²) in [6.07, 6.45) is 8.91. The zero-order valence-corrected chi connectivity index (χ0v) is 11.8. The zero-order chi connectivity index (χ0) is 13.6. The predicted octanol–water partition coefficient (Wildman–Crippen LogP) is 3.44. The van der Waals surface area contributed by atoms with Crippen molar-refractivity contribution in [2.45, 2.75) is 57.1 Å². The van der Waals surface area contributed by atoms with E-state index >= 15 is 0 Å². The normalized spacial score (nSPS) is 26.8. The van der Waals surface area contributed by atoms with Crippen molar-refractivity contribution in [3.8, 4) is 5.75 Å². The van der Waals surface area contributed by atoms with Crippen LogP contribution in [0.5, 0.6) is 5.75 Å². The average molecular weight is 275 g/mol. The van der Waals surface area contributed by atoms with E-state index < -0.39 is 0 Å². The summed E-state index contributed by atoms with van der Waals surface area (Å²) in [6.45, 7) is 1.14. The third-order valence-electron chi connectivity index (χ3n) is 5.18. The standard InChI is InChI=1S/C17H22FNO/c18-13-2-5-16-12(8-13)9-15(20-16)10-17(6-1-7-17)11-19-14-3-4-14/h2,5,8,14-15,19H,1,3-4,6-7,9-11H2. The van der Waals surface area contributed by atoms with Gasteiger partial charge in [-0.3, -0.25) is 0 Å². The van der Waals surface area contributed by atoms with Crippen LogP contribution in [-0.2, 0) is 6.42 Å². The van der Waals surface area contributed by atoms with Crippen LogP contribution in [0.15, 0.2) is 18.2 Å². The Morgan fingerprint density at radius 2 is 2.15 bits per heavy atom. The van der Waals surface area contributed by atoms with E-state index in [2.05, 4.69) is 5.32 Å². The van der Waals surface area contributed by atoms with Gasteiger partial charge in [0.25, 0.3) is 0 Å². The lowest BCUT2D eigenvalue weighted by atomic mass is 9.65. The van der Waals surface area contributed by atoms with E-state index in [4.69, 9.17) is 4.74 Å². The number of nitrogens with one attached hydrogen (secondary N) is 1.